The van der Waals surface area contributed by atoms with E-state index in [1.54, 1.807) is 0 Å². The molecule has 0 N–H and O–H groups in total. The average molecular weight is 613 g/mol. The molecule has 0 fully saturated rings. The summed E-state index contributed by atoms with van der Waals surface area (Å²) in [4.78, 5) is 0. The Bertz CT molecular complexity index is 2360. The lowest BCUT2D eigenvalue weighted by molar-refractivity contribution is 1.46. The number of benzene rings is 8. The Labute approximate surface area is 282 Å². The molecule has 0 spiro atoms. The normalized spacial score (nSPS) is 12.1. The summed E-state index contributed by atoms with van der Waals surface area (Å²) in [6.45, 7) is 4.24. The van der Waals surface area contributed by atoms with E-state index in [-0.39, 0.29) is 0 Å². The minimum atomic E-state index is 1.20. The van der Waals surface area contributed by atoms with E-state index in [0.717, 1.165) is 0 Å². The summed E-state index contributed by atoms with van der Waals surface area (Å²) in [5, 5.41) is 10.1. The molecule has 8 aromatic carbocycles. The highest BCUT2D eigenvalue weighted by Crippen LogP contribution is 2.28. The third kappa shape index (κ3) is 6.47. The van der Waals surface area contributed by atoms with Gasteiger partial charge in [-0.2, -0.15) is 0 Å². The molecule has 0 unspecified atom stereocenters. The van der Waals surface area contributed by atoms with Gasteiger partial charge in [0.2, 0.25) is 0 Å². The molecule has 0 heteroatoms. The molecule has 0 aliphatic rings. The first-order chi connectivity index (χ1) is 23.5. The molecule has 0 aromatic heterocycles. The first kappa shape index (κ1) is 29.4. The zero-order valence-electron chi connectivity index (χ0n) is 27.3. The third-order valence-electron chi connectivity index (χ3n) is 9.25. The van der Waals surface area contributed by atoms with Crippen LogP contribution in [0.2, 0.25) is 0 Å². The quantitative estimate of drug-likeness (QED) is 0.129. The second-order valence-corrected chi connectivity index (χ2v) is 13.0. The second-order valence-electron chi connectivity index (χ2n) is 13.0. The van der Waals surface area contributed by atoms with Crippen molar-refractivity contribution >= 4 is 79.5 Å². The van der Waals surface area contributed by atoms with E-state index in [1.807, 2.05) is 0 Å². The number of hydrogen-bond donors (Lipinski definition) is 0. The molecule has 0 amide bonds. The average Bonchev–Trinajstić information content (AvgIpc) is 3.11. The second kappa shape index (κ2) is 12.7. The summed E-state index contributed by atoms with van der Waals surface area (Å²) in [5.41, 5.74) is 9.81. The van der Waals surface area contributed by atoms with Crippen LogP contribution in [-0.4, -0.2) is 0 Å². The number of hydrogen-bond acceptors (Lipinski definition) is 0. The van der Waals surface area contributed by atoms with Crippen LogP contribution in [0.25, 0.3) is 79.5 Å². The van der Waals surface area contributed by atoms with Crippen LogP contribution in [0.4, 0.5) is 0 Å². The predicted molar refractivity (Wildman–Crippen MR) is 212 cm³/mol. The van der Waals surface area contributed by atoms with Crippen LogP contribution in [0, 0.1) is 13.8 Å². The molecular formula is C48H36. The van der Waals surface area contributed by atoms with Crippen LogP contribution in [0.1, 0.15) is 44.5 Å². The van der Waals surface area contributed by atoms with Crippen molar-refractivity contribution in [3.63, 3.8) is 0 Å². The van der Waals surface area contributed by atoms with E-state index in [4.69, 9.17) is 0 Å². The molecule has 0 radical (unpaired) electrons. The van der Waals surface area contributed by atoms with Crippen LogP contribution in [0.15, 0.2) is 146 Å². The first-order valence-electron chi connectivity index (χ1n) is 16.6. The summed E-state index contributed by atoms with van der Waals surface area (Å²) < 4.78 is 0. The first-order valence-corrected chi connectivity index (χ1v) is 16.6. The van der Waals surface area contributed by atoms with Gasteiger partial charge in [-0.15, -0.1) is 0 Å². The van der Waals surface area contributed by atoms with Gasteiger partial charge in [0.25, 0.3) is 0 Å². The zero-order chi connectivity index (χ0) is 32.5. The lowest BCUT2D eigenvalue weighted by atomic mass is 9.98. The van der Waals surface area contributed by atoms with Crippen molar-refractivity contribution in [3.8, 4) is 0 Å². The van der Waals surface area contributed by atoms with Crippen LogP contribution >= 0.6 is 0 Å². The standard InChI is InChI=1S/C48H36/c1-33-3-7-35(8-4-33)11-13-37-17-21-41-31-47-27-39(19-23-43(47)29-45(41)25-37)15-16-40-20-24-44-30-46-26-38(18-22-42(46)32-48(44)28-40)14-12-36-9-5-34(2)6-10-36/h3-32H,1-2H3. The third-order valence-corrected chi connectivity index (χ3v) is 9.25. The fourth-order valence-electron chi connectivity index (χ4n) is 6.42. The predicted octanol–water partition coefficient (Wildman–Crippen LogP) is 13.4. The molecule has 0 atom stereocenters. The van der Waals surface area contributed by atoms with Gasteiger partial charge in [0.15, 0.2) is 0 Å². The van der Waals surface area contributed by atoms with Gasteiger partial charge in [0.05, 0.1) is 0 Å². The van der Waals surface area contributed by atoms with Gasteiger partial charge in [-0.1, -0.05) is 145 Å². The van der Waals surface area contributed by atoms with Crippen molar-refractivity contribution in [1.29, 1.82) is 0 Å². The lowest BCUT2D eigenvalue weighted by Crippen LogP contribution is -1.81. The molecule has 0 aliphatic heterocycles. The van der Waals surface area contributed by atoms with E-state index in [1.165, 1.54) is 87.6 Å². The zero-order valence-corrected chi connectivity index (χ0v) is 27.3. The summed E-state index contributed by atoms with van der Waals surface area (Å²) in [5.74, 6) is 0. The summed E-state index contributed by atoms with van der Waals surface area (Å²) in [6, 6.07) is 53.4. The van der Waals surface area contributed by atoms with Crippen molar-refractivity contribution in [3.05, 3.63) is 190 Å². The van der Waals surface area contributed by atoms with E-state index >= 15 is 0 Å². The Hall–Kier alpha value is -5.98. The van der Waals surface area contributed by atoms with Gasteiger partial charge < -0.3 is 0 Å². The van der Waals surface area contributed by atoms with Crippen molar-refractivity contribution in [2.75, 3.05) is 0 Å². The summed E-state index contributed by atoms with van der Waals surface area (Å²) >= 11 is 0. The Kier molecular flexibility index (Phi) is 7.76. The highest BCUT2D eigenvalue weighted by molar-refractivity contribution is 6.01. The Balaban J connectivity index is 1.01. The lowest BCUT2D eigenvalue weighted by Gasteiger charge is -2.06. The van der Waals surface area contributed by atoms with Crippen molar-refractivity contribution in [2.45, 2.75) is 13.8 Å². The fraction of sp³-hybridized carbons (Fsp3) is 0.0417. The van der Waals surface area contributed by atoms with E-state index in [2.05, 4.69) is 196 Å². The monoisotopic (exact) mass is 612 g/mol. The molecule has 8 rings (SSSR count). The SMILES string of the molecule is Cc1ccc(C=Cc2ccc3cc4cc(C=Cc5ccc6cc7cc(C=Cc8ccc(C)cc8)ccc7cc6c5)ccc4cc3c2)cc1. The van der Waals surface area contributed by atoms with Crippen molar-refractivity contribution in [2.24, 2.45) is 0 Å². The molecule has 0 nitrogen and oxygen atoms in total. The minimum absolute atomic E-state index is 1.20. The van der Waals surface area contributed by atoms with E-state index in [0.29, 0.717) is 0 Å². The number of aryl methyl sites for hydroxylation is 2. The fourth-order valence-corrected chi connectivity index (χ4v) is 6.42. The maximum absolute atomic E-state index is 2.31. The van der Waals surface area contributed by atoms with Crippen LogP contribution in [0.3, 0.4) is 0 Å². The topological polar surface area (TPSA) is 0 Å². The number of fused-ring (bicyclic) bond motifs is 4. The Morgan fingerprint density at radius 3 is 0.729 bits per heavy atom. The van der Waals surface area contributed by atoms with Gasteiger partial charge in [-0.3, -0.25) is 0 Å². The molecule has 0 aliphatic carbocycles. The Morgan fingerprint density at radius 1 is 0.229 bits per heavy atom. The minimum Gasteiger partial charge on any atom is -0.0587 e. The van der Waals surface area contributed by atoms with Crippen LogP contribution in [0.5, 0.6) is 0 Å². The maximum atomic E-state index is 2.31. The molecule has 228 valence electrons. The van der Waals surface area contributed by atoms with Gasteiger partial charge in [-0.05, 0) is 139 Å². The highest BCUT2D eigenvalue weighted by Gasteiger charge is 2.03. The highest BCUT2D eigenvalue weighted by atomic mass is 14.1. The van der Waals surface area contributed by atoms with Gasteiger partial charge in [0.1, 0.15) is 0 Å². The van der Waals surface area contributed by atoms with Crippen molar-refractivity contribution < 1.29 is 0 Å². The van der Waals surface area contributed by atoms with Crippen molar-refractivity contribution in [1.82, 2.24) is 0 Å². The molecule has 0 bridgehead atoms. The smallest absolute Gasteiger partial charge is 0.0172 e. The van der Waals surface area contributed by atoms with E-state index < -0.39 is 0 Å². The largest absolute Gasteiger partial charge is 0.0587 e. The van der Waals surface area contributed by atoms with Crippen LogP contribution < -0.4 is 0 Å². The molecule has 48 heavy (non-hydrogen) atoms. The molecular weight excluding hydrogens is 577 g/mol. The van der Waals surface area contributed by atoms with Gasteiger partial charge in [-0.25, -0.2) is 0 Å². The number of rotatable bonds is 6. The molecule has 0 saturated carbocycles. The van der Waals surface area contributed by atoms with Crippen LogP contribution in [-0.2, 0) is 0 Å². The molecule has 0 heterocycles. The maximum Gasteiger partial charge on any atom is -0.0172 e. The van der Waals surface area contributed by atoms with Gasteiger partial charge >= 0.3 is 0 Å². The summed E-state index contributed by atoms with van der Waals surface area (Å²) in [6.07, 6.45) is 13.2. The molecule has 0 saturated heterocycles. The van der Waals surface area contributed by atoms with E-state index in [9.17, 15) is 0 Å². The Morgan fingerprint density at radius 2 is 0.458 bits per heavy atom. The molecule has 8 aromatic rings. The summed E-state index contributed by atoms with van der Waals surface area (Å²) in [7, 11) is 0. The van der Waals surface area contributed by atoms with Gasteiger partial charge in [0, 0.05) is 0 Å².